The van der Waals surface area contributed by atoms with Gasteiger partial charge in [-0.1, -0.05) is 17.7 Å². The summed E-state index contributed by atoms with van der Waals surface area (Å²) in [4.78, 5) is 69.8. The van der Waals surface area contributed by atoms with Gasteiger partial charge in [0.15, 0.2) is 22.9 Å². The summed E-state index contributed by atoms with van der Waals surface area (Å²) < 4.78 is 36.3. The Morgan fingerprint density at radius 1 is 0.898 bits per heavy atom. The Morgan fingerprint density at radius 2 is 1.51 bits per heavy atom. The van der Waals surface area contributed by atoms with Crippen molar-refractivity contribution in [2.45, 2.75) is 77.0 Å². The number of hydrogen-bond donors (Lipinski definition) is 4. The van der Waals surface area contributed by atoms with Crippen LogP contribution in [0.15, 0.2) is 53.9 Å². The number of nitrogens with one attached hydrogen (secondary N) is 4. The maximum Gasteiger partial charge on any atom is 0.416 e. The molecule has 2 saturated heterocycles. The summed E-state index contributed by atoms with van der Waals surface area (Å²) in [6, 6.07) is 7.36. The topological polar surface area (TPSA) is 206 Å². The number of carbonyl (C=O) groups is 5. The number of carbonyl (C=O) groups excluding carboxylic acids is 5. The van der Waals surface area contributed by atoms with Crippen LogP contribution in [-0.4, -0.2) is 76.6 Å². The number of aromatic nitrogens is 6. The number of nitrogens with zero attached hydrogens (tertiary/aromatic N) is 7. The van der Waals surface area contributed by atoms with Crippen LogP contribution in [0.5, 0.6) is 0 Å². The first kappa shape index (κ1) is 39.1. The summed E-state index contributed by atoms with van der Waals surface area (Å²) in [7, 11) is 0. The highest BCUT2D eigenvalue weighted by atomic mass is 35.5. The maximum atomic E-state index is 14.1. The zero-order valence-electron chi connectivity index (χ0n) is 31.8. The van der Waals surface area contributed by atoms with E-state index >= 15 is 0 Å². The average molecular weight is 828 g/mol. The van der Waals surface area contributed by atoms with Crippen LogP contribution in [0.25, 0.3) is 23.4 Å². The molecule has 6 heterocycles. The molecule has 9 rings (SSSR count). The highest BCUT2D eigenvalue weighted by Gasteiger charge is 2.38. The second kappa shape index (κ2) is 15.2. The Bertz CT molecular complexity index is 2660. The van der Waals surface area contributed by atoms with Crippen molar-refractivity contribution in [1.29, 1.82) is 0 Å². The van der Waals surface area contributed by atoms with Crippen LogP contribution < -0.4 is 26.2 Å². The molecule has 0 spiro atoms. The minimum Gasteiger partial charge on any atom is -0.443 e. The molecule has 5 amide bonds. The van der Waals surface area contributed by atoms with E-state index in [1.165, 1.54) is 29.0 Å². The van der Waals surface area contributed by atoms with Crippen LogP contribution in [0.3, 0.4) is 0 Å². The smallest absolute Gasteiger partial charge is 0.416 e. The van der Waals surface area contributed by atoms with Gasteiger partial charge in [0.2, 0.25) is 11.8 Å². The highest BCUT2D eigenvalue weighted by Crippen LogP contribution is 2.35. The van der Waals surface area contributed by atoms with E-state index in [0.29, 0.717) is 51.2 Å². The van der Waals surface area contributed by atoms with E-state index in [1.54, 1.807) is 54.5 Å². The molecule has 0 unspecified atom stereocenters. The SMILES string of the molecule is CC(C)(C)OC(=O)N(c1cc(Cl)nc2c(/C=C3\CC(=O)NC3=O)cnn12)C1CC1.O=C1C/C(=C\c2cnn3c(NC4CC4)cc(Nc4cccc(F)c4F)nc23)C(=O)N1. The van der Waals surface area contributed by atoms with E-state index in [-0.39, 0.29) is 47.4 Å². The van der Waals surface area contributed by atoms with Crippen LogP contribution in [0.1, 0.15) is 70.4 Å². The number of imide groups is 2. The third-order valence-electron chi connectivity index (χ3n) is 9.29. The van der Waals surface area contributed by atoms with Gasteiger partial charge < -0.3 is 15.4 Å². The first-order chi connectivity index (χ1) is 28.1. The summed E-state index contributed by atoms with van der Waals surface area (Å²) >= 11 is 6.24. The molecule has 0 bridgehead atoms. The van der Waals surface area contributed by atoms with Crippen molar-refractivity contribution >= 4 is 87.9 Å². The van der Waals surface area contributed by atoms with Crippen molar-refractivity contribution in [2.75, 3.05) is 15.5 Å². The van der Waals surface area contributed by atoms with Crippen molar-refractivity contribution < 1.29 is 37.5 Å². The van der Waals surface area contributed by atoms with Gasteiger partial charge in [-0.3, -0.25) is 34.7 Å². The predicted octanol–water partition coefficient (Wildman–Crippen LogP) is 5.47. The summed E-state index contributed by atoms with van der Waals surface area (Å²) in [6.45, 7) is 5.41. The van der Waals surface area contributed by atoms with Gasteiger partial charge in [0.25, 0.3) is 11.8 Å². The molecule has 20 heteroatoms. The van der Waals surface area contributed by atoms with Crippen LogP contribution in [-0.2, 0) is 23.9 Å². The number of amides is 5. The summed E-state index contributed by atoms with van der Waals surface area (Å²) in [6.07, 6.45) is 9.40. The van der Waals surface area contributed by atoms with Gasteiger partial charge in [0.05, 0.1) is 30.9 Å². The van der Waals surface area contributed by atoms with Gasteiger partial charge in [0, 0.05) is 46.5 Å². The lowest BCUT2D eigenvalue weighted by Crippen LogP contribution is -2.39. The predicted molar refractivity (Wildman–Crippen MR) is 210 cm³/mol. The second-order valence-electron chi connectivity index (χ2n) is 15.3. The molecule has 4 aliphatic rings. The number of ether oxygens (including phenoxy) is 1. The van der Waals surface area contributed by atoms with Gasteiger partial charge in [-0.05, 0) is 70.7 Å². The number of hydrogen-bond acceptors (Lipinski definition) is 12. The number of benzene rings is 1. The molecule has 0 radical (unpaired) electrons. The van der Waals surface area contributed by atoms with Crippen LogP contribution in [0, 0.1) is 11.6 Å². The normalized spacial score (nSPS) is 18.0. The van der Waals surface area contributed by atoms with Crippen LogP contribution >= 0.6 is 11.6 Å². The van der Waals surface area contributed by atoms with Crippen molar-refractivity contribution in [3.8, 4) is 0 Å². The highest BCUT2D eigenvalue weighted by molar-refractivity contribution is 6.30. The van der Waals surface area contributed by atoms with E-state index < -0.39 is 35.1 Å². The quantitative estimate of drug-likeness (QED) is 0.0873. The molecule has 4 aromatic heterocycles. The zero-order valence-corrected chi connectivity index (χ0v) is 32.6. The standard InChI is InChI=1S/C20H16F2N6O2.C19H20ClN5O4/c21-13-2-1-3-14(18(13)22)25-15-8-16(24-12-4-5-12)28-19(26-15)11(9-23-28)6-10-7-17(29)27-20(10)30;1-19(2,3)29-18(28)24(12-4-5-12)15-8-13(20)22-16-11(9-21-25(15)16)6-10-7-14(26)23-17(10)27/h1-3,6,8-9,12,24H,4-5,7H2,(H,25,26)(H,27,29,30);6,8-9,12H,4-5,7H2,1-3H3,(H,23,26,27)/b2*10-6+. The van der Waals surface area contributed by atoms with E-state index in [9.17, 15) is 32.8 Å². The monoisotopic (exact) mass is 827 g/mol. The summed E-state index contributed by atoms with van der Waals surface area (Å²) in [5.74, 6) is -2.24. The molecule has 1 aromatic carbocycles. The van der Waals surface area contributed by atoms with Crippen molar-refractivity contribution in [1.82, 2.24) is 39.8 Å². The van der Waals surface area contributed by atoms with Crippen LogP contribution in [0.2, 0.25) is 5.15 Å². The fourth-order valence-corrected chi connectivity index (χ4v) is 6.50. The van der Waals surface area contributed by atoms with Crippen molar-refractivity contribution in [2.24, 2.45) is 0 Å². The first-order valence-electron chi connectivity index (χ1n) is 18.6. The number of rotatable bonds is 8. The fraction of sp³-hybridized carbons (Fsp3) is 0.308. The lowest BCUT2D eigenvalue weighted by atomic mass is 10.1. The molecule has 304 valence electrons. The number of fused-ring (bicyclic) bond motifs is 2. The van der Waals surface area contributed by atoms with Crippen molar-refractivity contribution in [3.63, 3.8) is 0 Å². The Balaban J connectivity index is 0.000000164. The summed E-state index contributed by atoms with van der Waals surface area (Å²) in [5.41, 5.74) is 1.75. The lowest BCUT2D eigenvalue weighted by Gasteiger charge is -2.27. The Hall–Kier alpha value is -6.76. The molecule has 4 fully saturated rings. The van der Waals surface area contributed by atoms with Gasteiger partial charge in [-0.15, -0.1) is 0 Å². The molecule has 0 atom stereocenters. The molecule has 5 aromatic rings. The molecule has 2 aliphatic carbocycles. The molecular formula is C39H36ClF2N11O6. The fourth-order valence-electron chi connectivity index (χ4n) is 6.32. The third-order valence-corrected chi connectivity index (χ3v) is 9.49. The van der Waals surface area contributed by atoms with Gasteiger partial charge in [-0.25, -0.2) is 23.5 Å². The largest absolute Gasteiger partial charge is 0.443 e. The Kier molecular flexibility index (Phi) is 10.1. The van der Waals surface area contributed by atoms with E-state index in [2.05, 4.69) is 41.4 Å². The molecule has 4 N–H and O–H groups in total. The van der Waals surface area contributed by atoms with E-state index in [0.717, 1.165) is 31.7 Å². The minimum atomic E-state index is -1.01. The van der Waals surface area contributed by atoms with E-state index in [4.69, 9.17) is 16.3 Å². The van der Waals surface area contributed by atoms with E-state index in [1.807, 2.05) is 0 Å². The average Bonchev–Trinajstić information content (AvgIpc) is 4.03. The third kappa shape index (κ3) is 8.59. The zero-order chi connectivity index (χ0) is 41.7. The molecule has 17 nitrogen and oxygen atoms in total. The Labute approximate surface area is 338 Å². The Morgan fingerprint density at radius 3 is 2.07 bits per heavy atom. The number of anilines is 4. The molecule has 2 aliphatic heterocycles. The van der Waals surface area contributed by atoms with Gasteiger partial charge >= 0.3 is 6.09 Å². The molecular weight excluding hydrogens is 792 g/mol. The molecule has 2 saturated carbocycles. The first-order valence-corrected chi connectivity index (χ1v) is 19.0. The second-order valence-corrected chi connectivity index (χ2v) is 15.7. The van der Waals surface area contributed by atoms with Gasteiger partial charge in [-0.2, -0.15) is 19.2 Å². The maximum absolute atomic E-state index is 14.1. The van der Waals surface area contributed by atoms with Crippen molar-refractivity contribution in [3.05, 3.63) is 81.8 Å². The minimum absolute atomic E-state index is 0.00393. The number of halogens is 3. The molecule has 59 heavy (non-hydrogen) atoms. The van der Waals surface area contributed by atoms with Crippen LogP contribution in [0.4, 0.5) is 36.7 Å². The van der Waals surface area contributed by atoms with Gasteiger partial charge in [0.1, 0.15) is 28.2 Å². The lowest BCUT2D eigenvalue weighted by molar-refractivity contribution is -0.125. The summed E-state index contributed by atoms with van der Waals surface area (Å²) in [5, 5.41) is 19.5.